The summed E-state index contributed by atoms with van der Waals surface area (Å²) in [6.07, 6.45) is 11.2. The van der Waals surface area contributed by atoms with Crippen LogP contribution >= 0.6 is 0 Å². The first-order valence-corrected chi connectivity index (χ1v) is 8.81. The molecule has 1 heterocycles. The molecule has 1 aliphatic rings. The number of hydrogen-bond donors (Lipinski definition) is 2. The zero-order valence-corrected chi connectivity index (χ0v) is 14.3. The van der Waals surface area contributed by atoms with Crippen molar-refractivity contribution in [1.82, 2.24) is 15.2 Å². The molecule has 0 spiro atoms. The van der Waals surface area contributed by atoms with Gasteiger partial charge in [0, 0.05) is 12.2 Å². The number of benzene rings is 1. The molecule has 0 atom stereocenters. The van der Waals surface area contributed by atoms with Gasteiger partial charge in [-0.1, -0.05) is 36.8 Å². The third-order valence-electron chi connectivity index (χ3n) is 4.33. The van der Waals surface area contributed by atoms with Crippen LogP contribution in [0.2, 0.25) is 0 Å². The van der Waals surface area contributed by atoms with Crippen LogP contribution in [0.4, 0.5) is 17.5 Å². The maximum absolute atomic E-state index is 4.51. The standard InChI is InChI=1S/C19H25N5/c1-2-16-10-6-7-11-17(16)22-18-14-21-24-19(23-18)20-13-12-15-8-4-3-5-9-15/h6-8,10-11,14H,2-5,9,12-13H2,1H3,(H2,20,22,23,24). The quantitative estimate of drug-likeness (QED) is 0.736. The van der Waals surface area contributed by atoms with Gasteiger partial charge < -0.3 is 10.6 Å². The summed E-state index contributed by atoms with van der Waals surface area (Å²) in [5.74, 6) is 1.29. The van der Waals surface area contributed by atoms with E-state index in [0.29, 0.717) is 11.8 Å². The average Bonchev–Trinajstić information content (AvgIpc) is 2.63. The number of nitrogens with zero attached hydrogens (tertiary/aromatic N) is 3. The second-order valence-corrected chi connectivity index (χ2v) is 6.09. The molecular weight excluding hydrogens is 298 g/mol. The Morgan fingerprint density at radius 3 is 2.92 bits per heavy atom. The first-order valence-electron chi connectivity index (χ1n) is 8.81. The van der Waals surface area contributed by atoms with Crippen molar-refractivity contribution < 1.29 is 0 Å². The molecule has 0 aliphatic heterocycles. The van der Waals surface area contributed by atoms with Crippen LogP contribution in [0.5, 0.6) is 0 Å². The number of hydrogen-bond acceptors (Lipinski definition) is 5. The molecule has 0 saturated heterocycles. The van der Waals surface area contributed by atoms with Crippen molar-refractivity contribution in [2.75, 3.05) is 17.2 Å². The van der Waals surface area contributed by atoms with E-state index in [4.69, 9.17) is 0 Å². The van der Waals surface area contributed by atoms with Gasteiger partial charge >= 0.3 is 0 Å². The average molecular weight is 323 g/mol. The van der Waals surface area contributed by atoms with E-state index in [-0.39, 0.29) is 0 Å². The number of para-hydroxylation sites is 1. The maximum Gasteiger partial charge on any atom is 0.244 e. The fourth-order valence-corrected chi connectivity index (χ4v) is 2.99. The molecule has 0 radical (unpaired) electrons. The Morgan fingerprint density at radius 1 is 1.17 bits per heavy atom. The van der Waals surface area contributed by atoms with E-state index in [2.05, 4.69) is 57.0 Å². The predicted octanol–water partition coefficient (Wildman–Crippen LogP) is 4.48. The molecule has 126 valence electrons. The van der Waals surface area contributed by atoms with E-state index in [0.717, 1.165) is 25.1 Å². The Labute approximate surface area is 143 Å². The van der Waals surface area contributed by atoms with E-state index >= 15 is 0 Å². The van der Waals surface area contributed by atoms with Crippen LogP contribution < -0.4 is 10.6 Å². The summed E-state index contributed by atoms with van der Waals surface area (Å²) in [5.41, 5.74) is 3.88. The van der Waals surface area contributed by atoms with Crippen molar-refractivity contribution in [2.45, 2.75) is 45.4 Å². The van der Waals surface area contributed by atoms with E-state index in [1.165, 1.54) is 31.2 Å². The first-order chi connectivity index (χ1) is 11.8. The van der Waals surface area contributed by atoms with Gasteiger partial charge in [-0.3, -0.25) is 0 Å². The molecule has 0 unspecified atom stereocenters. The summed E-state index contributed by atoms with van der Waals surface area (Å²) in [5, 5.41) is 14.7. The van der Waals surface area contributed by atoms with E-state index in [9.17, 15) is 0 Å². The van der Waals surface area contributed by atoms with Gasteiger partial charge in [0.05, 0.1) is 6.20 Å². The van der Waals surface area contributed by atoms with Crippen molar-refractivity contribution in [3.05, 3.63) is 47.7 Å². The molecule has 0 fully saturated rings. The Balaban J connectivity index is 1.58. The number of anilines is 3. The second-order valence-electron chi connectivity index (χ2n) is 6.09. The Kier molecular flexibility index (Phi) is 5.77. The predicted molar refractivity (Wildman–Crippen MR) is 98.6 cm³/mol. The molecule has 2 N–H and O–H groups in total. The number of nitrogens with one attached hydrogen (secondary N) is 2. The third kappa shape index (κ3) is 4.54. The summed E-state index contributed by atoms with van der Waals surface area (Å²) >= 11 is 0. The molecule has 0 saturated carbocycles. The molecule has 24 heavy (non-hydrogen) atoms. The molecule has 3 rings (SSSR count). The van der Waals surface area contributed by atoms with Gasteiger partial charge in [0.1, 0.15) is 0 Å². The van der Waals surface area contributed by atoms with E-state index in [1.807, 2.05) is 6.07 Å². The van der Waals surface area contributed by atoms with Gasteiger partial charge in [-0.05, 0) is 50.2 Å². The lowest BCUT2D eigenvalue weighted by Crippen LogP contribution is -2.09. The largest absolute Gasteiger partial charge is 0.353 e. The number of allylic oxidation sites excluding steroid dienone is 1. The monoisotopic (exact) mass is 323 g/mol. The molecule has 1 aromatic heterocycles. The zero-order valence-electron chi connectivity index (χ0n) is 14.3. The van der Waals surface area contributed by atoms with Crippen molar-refractivity contribution in [1.29, 1.82) is 0 Å². The summed E-state index contributed by atoms with van der Waals surface area (Å²) in [6.45, 7) is 2.99. The smallest absolute Gasteiger partial charge is 0.244 e. The minimum absolute atomic E-state index is 0.574. The highest BCUT2D eigenvalue weighted by atomic mass is 15.3. The summed E-state index contributed by atoms with van der Waals surface area (Å²) in [7, 11) is 0. The highest BCUT2D eigenvalue weighted by Gasteiger charge is 2.06. The van der Waals surface area contributed by atoms with Crippen molar-refractivity contribution >= 4 is 17.5 Å². The van der Waals surface area contributed by atoms with Crippen molar-refractivity contribution in [3.63, 3.8) is 0 Å². The maximum atomic E-state index is 4.51. The lowest BCUT2D eigenvalue weighted by Gasteiger charge is -2.13. The first kappa shape index (κ1) is 16.4. The van der Waals surface area contributed by atoms with Gasteiger partial charge in [0.15, 0.2) is 5.82 Å². The van der Waals surface area contributed by atoms with Crippen LogP contribution in [0.25, 0.3) is 0 Å². The minimum atomic E-state index is 0.574. The summed E-state index contributed by atoms with van der Waals surface area (Å²) < 4.78 is 0. The number of rotatable bonds is 7. The van der Waals surface area contributed by atoms with Crippen LogP contribution in [0, 0.1) is 0 Å². The fourth-order valence-electron chi connectivity index (χ4n) is 2.99. The molecule has 5 nitrogen and oxygen atoms in total. The SMILES string of the molecule is CCc1ccccc1Nc1cnnc(NCCC2=CCCCC2)n1. The van der Waals surface area contributed by atoms with Crippen LogP contribution in [0.3, 0.4) is 0 Å². The third-order valence-corrected chi connectivity index (χ3v) is 4.33. The lowest BCUT2D eigenvalue weighted by atomic mass is 9.97. The van der Waals surface area contributed by atoms with Crippen LogP contribution in [-0.2, 0) is 6.42 Å². The topological polar surface area (TPSA) is 62.7 Å². The Bertz CT molecular complexity index is 696. The molecule has 1 aliphatic carbocycles. The van der Waals surface area contributed by atoms with E-state index < -0.39 is 0 Å². The van der Waals surface area contributed by atoms with Crippen LogP contribution in [0.15, 0.2) is 42.1 Å². The van der Waals surface area contributed by atoms with E-state index in [1.54, 1.807) is 11.8 Å². The number of aryl methyl sites for hydroxylation is 1. The fraction of sp³-hybridized carbons (Fsp3) is 0.421. The summed E-state index contributed by atoms with van der Waals surface area (Å²) in [6, 6.07) is 8.25. The van der Waals surface area contributed by atoms with Gasteiger partial charge in [-0.15, -0.1) is 5.10 Å². The van der Waals surface area contributed by atoms with Crippen LogP contribution in [-0.4, -0.2) is 21.7 Å². The van der Waals surface area contributed by atoms with Crippen LogP contribution in [0.1, 0.15) is 44.6 Å². The summed E-state index contributed by atoms with van der Waals surface area (Å²) in [4.78, 5) is 4.51. The van der Waals surface area contributed by atoms with Gasteiger partial charge in [0.25, 0.3) is 0 Å². The van der Waals surface area contributed by atoms with Crippen molar-refractivity contribution in [3.8, 4) is 0 Å². The molecule has 5 heteroatoms. The minimum Gasteiger partial charge on any atom is -0.353 e. The molecule has 0 amide bonds. The number of aromatic nitrogens is 3. The lowest BCUT2D eigenvalue weighted by molar-refractivity contribution is 0.679. The van der Waals surface area contributed by atoms with Gasteiger partial charge in [-0.2, -0.15) is 10.1 Å². The Hall–Kier alpha value is -2.43. The molecule has 2 aromatic rings. The Morgan fingerprint density at radius 2 is 2.08 bits per heavy atom. The highest BCUT2D eigenvalue weighted by Crippen LogP contribution is 2.21. The van der Waals surface area contributed by atoms with Gasteiger partial charge in [0.2, 0.25) is 5.95 Å². The normalized spacial score (nSPS) is 14.1. The zero-order chi connectivity index (χ0) is 16.6. The molecular formula is C19H25N5. The highest BCUT2D eigenvalue weighted by molar-refractivity contribution is 5.60. The van der Waals surface area contributed by atoms with Gasteiger partial charge in [-0.25, -0.2) is 0 Å². The molecule has 1 aromatic carbocycles. The molecule has 0 bridgehead atoms. The van der Waals surface area contributed by atoms with Crippen molar-refractivity contribution in [2.24, 2.45) is 0 Å². The second kappa shape index (κ2) is 8.43.